The summed E-state index contributed by atoms with van der Waals surface area (Å²) in [5, 5.41) is 17.8. The highest BCUT2D eigenvalue weighted by Crippen LogP contribution is 2.27. The maximum absolute atomic E-state index is 9.14. The van der Waals surface area contributed by atoms with Crippen molar-refractivity contribution in [2.24, 2.45) is 5.73 Å². The highest BCUT2D eigenvalue weighted by molar-refractivity contribution is 5.93. The first-order valence-electron chi connectivity index (χ1n) is 8.06. The predicted octanol–water partition coefficient (Wildman–Crippen LogP) is 2.61. The third kappa shape index (κ3) is 3.35. The fourth-order valence-corrected chi connectivity index (χ4v) is 3.02. The summed E-state index contributed by atoms with van der Waals surface area (Å²) in [6, 6.07) is 6.53. The van der Waals surface area contributed by atoms with Crippen LogP contribution < -0.4 is 16.4 Å². The van der Waals surface area contributed by atoms with Crippen LogP contribution in [0.4, 0.5) is 11.6 Å². The lowest BCUT2D eigenvalue weighted by atomic mass is 10.1. The van der Waals surface area contributed by atoms with Gasteiger partial charge in [-0.15, -0.1) is 0 Å². The van der Waals surface area contributed by atoms with Crippen LogP contribution in [0.5, 0.6) is 0 Å². The molecule has 1 saturated carbocycles. The van der Waals surface area contributed by atoms with Gasteiger partial charge in [0.05, 0.1) is 0 Å². The van der Waals surface area contributed by atoms with Crippen LogP contribution in [0.2, 0.25) is 0 Å². The second kappa shape index (κ2) is 6.39. The highest BCUT2D eigenvalue weighted by atomic mass is 15.0. The third-order valence-electron chi connectivity index (χ3n) is 4.16. The summed E-state index contributed by atoms with van der Waals surface area (Å²) in [6.45, 7) is 4.09. The zero-order valence-corrected chi connectivity index (χ0v) is 13.5. The second-order valence-electron chi connectivity index (χ2n) is 6.40. The minimum atomic E-state index is 0.180. The van der Waals surface area contributed by atoms with Crippen molar-refractivity contribution in [1.82, 2.24) is 9.97 Å². The van der Waals surface area contributed by atoms with Crippen LogP contribution in [0.15, 0.2) is 18.3 Å². The molecule has 23 heavy (non-hydrogen) atoms. The molecule has 2 heterocycles. The Bertz CT molecular complexity index is 749. The van der Waals surface area contributed by atoms with E-state index in [1.807, 2.05) is 19.9 Å². The molecule has 2 aromatic rings. The molecule has 0 aliphatic heterocycles. The van der Waals surface area contributed by atoms with Crippen molar-refractivity contribution in [3.63, 3.8) is 0 Å². The Morgan fingerprint density at radius 2 is 2.17 bits per heavy atom. The number of nitriles is 1. The molecular formula is C17H22N6. The quantitative estimate of drug-likeness (QED) is 0.802. The Morgan fingerprint density at radius 3 is 2.83 bits per heavy atom. The number of hydrogen-bond donors (Lipinski definition) is 3. The summed E-state index contributed by atoms with van der Waals surface area (Å²) >= 11 is 0. The molecule has 0 unspecified atom stereocenters. The van der Waals surface area contributed by atoms with E-state index < -0.39 is 0 Å². The maximum atomic E-state index is 9.14. The standard InChI is InChI=1S/C17H22N6/c1-10(2)21-17-13-7-16(23-15-5-3-4-14(15)19)20-9-11(13)6-12(8-18)22-17/h6-7,9-10,14-15H,3-5,19H2,1-2H3,(H,20,23)(H,21,22)/t14-,15-/m1/s1. The fourth-order valence-electron chi connectivity index (χ4n) is 3.02. The van der Waals surface area contributed by atoms with Crippen molar-refractivity contribution < 1.29 is 0 Å². The summed E-state index contributed by atoms with van der Waals surface area (Å²) in [7, 11) is 0. The SMILES string of the molecule is CC(C)Nc1nc(C#N)cc2cnc(N[C@@H]3CCC[C@H]3N)cc12. The predicted molar refractivity (Wildman–Crippen MR) is 92.2 cm³/mol. The highest BCUT2D eigenvalue weighted by Gasteiger charge is 2.24. The average Bonchev–Trinajstić information content (AvgIpc) is 2.92. The van der Waals surface area contributed by atoms with Gasteiger partial charge in [0.15, 0.2) is 0 Å². The van der Waals surface area contributed by atoms with E-state index in [1.165, 1.54) is 0 Å². The van der Waals surface area contributed by atoms with Gasteiger partial charge in [0.2, 0.25) is 0 Å². The van der Waals surface area contributed by atoms with Crippen molar-refractivity contribution in [1.29, 1.82) is 5.26 Å². The van der Waals surface area contributed by atoms with Crippen LogP contribution >= 0.6 is 0 Å². The van der Waals surface area contributed by atoms with Gasteiger partial charge in [0, 0.05) is 35.1 Å². The first-order chi connectivity index (χ1) is 11.1. The van der Waals surface area contributed by atoms with Crippen LogP contribution in [0.1, 0.15) is 38.8 Å². The van der Waals surface area contributed by atoms with E-state index in [0.717, 1.165) is 41.7 Å². The normalized spacial score (nSPS) is 20.7. The molecule has 6 heteroatoms. The summed E-state index contributed by atoms with van der Waals surface area (Å²) in [6.07, 6.45) is 5.06. The summed E-state index contributed by atoms with van der Waals surface area (Å²) in [5.41, 5.74) is 6.51. The molecule has 2 atom stereocenters. The number of nitrogens with two attached hydrogens (primary N) is 1. The lowest BCUT2D eigenvalue weighted by Crippen LogP contribution is -2.35. The molecule has 6 nitrogen and oxygen atoms in total. The van der Waals surface area contributed by atoms with Gasteiger partial charge in [-0.1, -0.05) is 0 Å². The summed E-state index contributed by atoms with van der Waals surface area (Å²) in [5.74, 6) is 1.52. The smallest absolute Gasteiger partial charge is 0.143 e. The number of pyridine rings is 2. The zero-order chi connectivity index (χ0) is 16.4. The van der Waals surface area contributed by atoms with Crippen LogP contribution in [-0.4, -0.2) is 28.1 Å². The van der Waals surface area contributed by atoms with E-state index in [-0.39, 0.29) is 18.1 Å². The van der Waals surface area contributed by atoms with E-state index in [9.17, 15) is 0 Å². The molecule has 4 N–H and O–H groups in total. The topological polar surface area (TPSA) is 99.6 Å². The molecule has 1 aliphatic rings. The van der Waals surface area contributed by atoms with Crippen molar-refractivity contribution in [2.45, 2.75) is 51.2 Å². The maximum Gasteiger partial charge on any atom is 0.143 e. The van der Waals surface area contributed by atoms with E-state index in [2.05, 4.69) is 26.7 Å². The van der Waals surface area contributed by atoms with Crippen molar-refractivity contribution in [3.8, 4) is 6.07 Å². The van der Waals surface area contributed by atoms with Crippen LogP contribution in [0.25, 0.3) is 10.8 Å². The molecule has 0 aromatic carbocycles. The van der Waals surface area contributed by atoms with Gasteiger partial charge in [0.25, 0.3) is 0 Å². The van der Waals surface area contributed by atoms with Gasteiger partial charge < -0.3 is 16.4 Å². The molecule has 120 valence electrons. The zero-order valence-electron chi connectivity index (χ0n) is 13.5. The molecule has 2 aromatic heterocycles. The summed E-state index contributed by atoms with van der Waals surface area (Å²) < 4.78 is 0. The Morgan fingerprint density at radius 1 is 1.35 bits per heavy atom. The number of fused-ring (bicyclic) bond motifs is 1. The monoisotopic (exact) mass is 310 g/mol. The van der Waals surface area contributed by atoms with Crippen LogP contribution in [-0.2, 0) is 0 Å². The molecule has 0 amide bonds. The van der Waals surface area contributed by atoms with Gasteiger partial charge in [-0.05, 0) is 45.2 Å². The van der Waals surface area contributed by atoms with Crippen LogP contribution in [0.3, 0.4) is 0 Å². The molecule has 1 fully saturated rings. The lowest BCUT2D eigenvalue weighted by molar-refractivity contribution is 0.636. The molecule has 0 radical (unpaired) electrons. The van der Waals surface area contributed by atoms with Gasteiger partial charge in [-0.2, -0.15) is 5.26 Å². The van der Waals surface area contributed by atoms with Crippen molar-refractivity contribution in [2.75, 3.05) is 10.6 Å². The molecule has 1 aliphatic carbocycles. The van der Waals surface area contributed by atoms with E-state index in [4.69, 9.17) is 11.0 Å². The Balaban J connectivity index is 1.98. The van der Waals surface area contributed by atoms with Crippen LogP contribution in [0, 0.1) is 11.3 Å². The largest absolute Gasteiger partial charge is 0.367 e. The van der Waals surface area contributed by atoms with Crippen molar-refractivity contribution in [3.05, 3.63) is 24.0 Å². The van der Waals surface area contributed by atoms with Gasteiger partial charge in [-0.3, -0.25) is 0 Å². The Hall–Kier alpha value is -2.39. The molecule has 0 saturated heterocycles. The van der Waals surface area contributed by atoms with E-state index in [0.29, 0.717) is 5.69 Å². The lowest BCUT2D eigenvalue weighted by Gasteiger charge is -2.19. The minimum Gasteiger partial charge on any atom is -0.367 e. The Kier molecular flexibility index (Phi) is 4.30. The first kappa shape index (κ1) is 15.5. The number of rotatable bonds is 4. The second-order valence-corrected chi connectivity index (χ2v) is 6.40. The average molecular weight is 310 g/mol. The summed E-state index contributed by atoms with van der Waals surface area (Å²) in [4.78, 5) is 8.86. The third-order valence-corrected chi connectivity index (χ3v) is 4.16. The van der Waals surface area contributed by atoms with Gasteiger partial charge in [-0.25, -0.2) is 9.97 Å². The number of nitrogens with zero attached hydrogens (tertiary/aromatic N) is 3. The van der Waals surface area contributed by atoms with Crippen molar-refractivity contribution >= 4 is 22.4 Å². The Labute approximate surface area is 136 Å². The van der Waals surface area contributed by atoms with E-state index in [1.54, 1.807) is 12.3 Å². The molecule has 0 spiro atoms. The van der Waals surface area contributed by atoms with Gasteiger partial charge in [0.1, 0.15) is 23.4 Å². The number of nitrogens with one attached hydrogen (secondary N) is 2. The number of anilines is 2. The van der Waals surface area contributed by atoms with E-state index >= 15 is 0 Å². The van der Waals surface area contributed by atoms with Gasteiger partial charge >= 0.3 is 0 Å². The molecular weight excluding hydrogens is 288 g/mol. The number of aromatic nitrogens is 2. The fraction of sp³-hybridized carbons (Fsp3) is 0.471. The number of hydrogen-bond acceptors (Lipinski definition) is 6. The first-order valence-corrected chi connectivity index (χ1v) is 8.06. The molecule has 0 bridgehead atoms. The minimum absolute atomic E-state index is 0.180. The molecule has 3 rings (SSSR count).